The van der Waals surface area contributed by atoms with Crippen LogP contribution in [0.3, 0.4) is 0 Å². The van der Waals surface area contributed by atoms with Gasteiger partial charge in [-0.15, -0.1) is 0 Å². The molecule has 3 unspecified atom stereocenters. The Balaban J connectivity index is 1.13. The second-order valence-electron chi connectivity index (χ2n) is 9.73. The molecule has 1 amide bonds. The number of carbonyl (C=O) groups excluding carboxylic acids is 1. The lowest BCUT2D eigenvalue weighted by molar-refractivity contribution is -0.136. The summed E-state index contributed by atoms with van der Waals surface area (Å²) in [7, 11) is 2.09. The summed E-state index contributed by atoms with van der Waals surface area (Å²) in [5.74, 6) is 1.54. The molecule has 3 aliphatic heterocycles. The van der Waals surface area contributed by atoms with Crippen LogP contribution in [0.1, 0.15) is 29.2 Å². The van der Waals surface area contributed by atoms with Crippen molar-refractivity contribution in [3.63, 3.8) is 0 Å². The molecule has 0 aliphatic carbocycles. The third kappa shape index (κ3) is 4.27. The van der Waals surface area contributed by atoms with Crippen LogP contribution in [0.15, 0.2) is 54.6 Å². The van der Waals surface area contributed by atoms with Gasteiger partial charge in [0.25, 0.3) is 0 Å². The van der Waals surface area contributed by atoms with E-state index in [0.717, 1.165) is 52.1 Å². The number of likely N-dealkylation sites (tertiary alicyclic amines) is 2. The van der Waals surface area contributed by atoms with Crippen molar-refractivity contribution < 1.29 is 4.79 Å². The zero-order valence-electron chi connectivity index (χ0n) is 18.5. The summed E-state index contributed by atoms with van der Waals surface area (Å²) in [5.41, 5.74) is 10.3. The molecule has 2 aromatic carbocycles. The van der Waals surface area contributed by atoms with Crippen LogP contribution in [0.2, 0.25) is 0 Å². The molecule has 5 nitrogen and oxygen atoms in total. The molecule has 0 spiro atoms. The average molecular weight is 419 g/mol. The van der Waals surface area contributed by atoms with Gasteiger partial charge in [0.1, 0.15) is 0 Å². The van der Waals surface area contributed by atoms with Crippen LogP contribution in [0, 0.1) is 11.8 Å². The predicted octanol–water partition coefficient (Wildman–Crippen LogP) is 2.52. The van der Waals surface area contributed by atoms with Crippen molar-refractivity contribution in [2.75, 3.05) is 39.8 Å². The minimum absolute atomic E-state index is 0.0197. The van der Waals surface area contributed by atoms with Crippen LogP contribution in [-0.2, 0) is 17.8 Å². The zero-order chi connectivity index (χ0) is 21.4. The molecule has 2 saturated heterocycles. The maximum absolute atomic E-state index is 13.4. The van der Waals surface area contributed by atoms with E-state index in [1.165, 1.54) is 16.7 Å². The fourth-order valence-corrected chi connectivity index (χ4v) is 5.78. The summed E-state index contributed by atoms with van der Waals surface area (Å²) in [6.45, 7) is 5.92. The lowest BCUT2D eigenvalue weighted by atomic mass is 9.94. The average Bonchev–Trinajstić information content (AvgIpc) is 3.36. The molecule has 3 heterocycles. The Morgan fingerprint density at radius 3 is 2.32 bits per heavy atom. The molecule has 3 aliphatic rings. The molecule has 2 N–H and O–H groups in total. The van der Waals surface area contributed by atoms with Gasteiger partial charge in [0.05, 0.1) is 6.04 Å². The number of nitrogens with zero attached hydrogens (tertiary/aromatic N) is 3. The monoisotopic (exact) mass is 418 g/mol. The second kappa shape index (κ2) is 8.73. The van der Waals surface area contributed by atoms with Crippen LogP contribution >= 0.6 is 0 Å². The normalized spacial score (nSPS) is 27.2. The number of nitrogens with two attached hydrogens (primary N) is 1. The lowest BCUT2D eigenvalue weighted by Gasteiger charge is -2.35. The molecule has 0 saturated carbocycles. The van der Waals surface area contributed by atoms with E-state index in [9.17, 15) is 4.79 Å². The fraction of sp³-hybridized carbons (Fsp3) is 0.500. The Kier molecular flexibility index (Phi) is 5.83. The van der Waals surface area contributed by atoms with Crippen molar-refractivity contribution in [3.8, 4) is 0 Å². The van der Waals surface area contributed by atoms with E-state index >= 15 is 0 Å². The van der Waals surface area contributed by atoms with Crippen molar-refractivity contribution in [3.05, 3.63) is 71.3 Å². The minimum atomic E-state index is -0.0197. The van der Waals surface area contributed by atoms with Crippen molar-refractivity contribution in [1.29, 1.82) is 0 Å². The lowest BCUT2D eigenvalue weighted by Crippen LogP contribution is -2.50. The predicted molar refractivity (Wildman–Crippen MR) is 123 cm³/mol. The van der Waals surface area contributed by atoms with Gasteiger partial charge >= 0.3 is 0 Å². The summed E-state index contributed by atoms with van der Waals surface area (Å²) in [4.78, 5) is 20.3. The first kappa shape index (κ1) is 20.7. The van der Waals surface area contributed by atoms with E-state index in [0.29, 0.717) is 17.7 Å². The largest absolute Gasteiger partial charge is 0.341 e. The summed E-state index contributed by atoms with van der Waals surface area (Å²) >= 11 is 0. The Bertz CT molecular complexity index is 903. The van der Waals surface area contributed by atoms with E-state index in [2.05, 4.69) is 70.3 Å². The summed E-state index contributed by atoms with van der Waals surface area (Å²) in [6.07, 6.45) is 1.82. The number of hydrogen-bond donors (Lipinski definition) is 1. The molecule has 31 heavy (non-hydrogen) atoms. The third-order valence-electron chi connectivity index (χ3n) is 7.63. The van der Waals surface area contributed by atoms with E-state index < -0.39 is 0 Å². The minimum Gasteiger partial charge on any atom is -0.341 e. The number of fused-ring (bicyclic) bond motifs is 2. The van der Waals surface area contributed by atoms with E-state index in [1.807, 2.05) is 6.07 Å². The topological polar surface area (TPSA) is 52.8 Å². The molecule has 4 atom stereocenters. The van der Waals surface area contributed by atoms with Crippen LogP contribution in [0.4, 0.5) is 0 Å². The molecule has 164 valence electrons. The molecule has 2 aromatic rings. The Morgan fingerprint density at radius 1 is 0.968 bits per heavy atom. The molecule has 0 bridgehead atoms. The Hall–Kier alpha value is -2.21. The van der Waals surface area contributed by atoms with E-state index in [4.69, 9.17) is 5.73 Å². The fourth-order valence-electron chi connectivity index (χ4n) is 5.78. The molecule has 0 radical (unpaired) electrons. The maximum Gasteiger partial charge on any atom is 0.240 e. The molecule has 5 heteroatoms. The zero-order valence-corrected chi connectivity index (χ0v) is 18.5. The van der Waals surface area contributed by atoms with Gasteiger partial charge < -0.3 is 15.5 Å². The first-order valence-corrected chi connectivity index (χ1v) is 11.7. The van der Waals surface area contributed by atoms with Crippen molar-refractivity contribution >= 4 is 5.91 Å². The van der Waals surface area contributed by atoms with Crippen molar-refractivity contribution in [2.24, 2.45) is 17.6 Å². The molecular formula is C26H34N4O. The third-order valence-corrected chi connectivity index (χ3v) is 7.63. The number of amides is 1. The molecular weight excluding hydrogens is 384 g/mol. The quantitative estimate of drug-likeness (QED) is 0.811. The number of rotatable bonds is 5. The summed E-state index contributed by atoms with van der Waals surface area (Å²) in [5, 5.41) is 0. The van der Waals surface area contributed by atoms with Gasteiger partial charge in [-0.3, -0.25) is 9.69 Å². The second-order valence-corrected chi connectivity index (χ2v) is 9.73. The standard InChI is InChI=1S/C26H34N4O/c1-28-14-21-10-6-5-9-20(21)13-25(28)26(31)30-17-22-15-29(16-23(22)18-30)12-11-24(27)19-7-3-2-4-8-19/h2-10,22-25H,11-18,27H2,1H3/t22?,23?,24-,25?/m0/s1. The SMILES string of the molecule is CN1Cc2ccccc2CC1C(=O)N1CC2CN(CC[C@H](N)c3ccccc3)CC2C1. The Morgan fingerprint density at radius 2 is 1.61 bits per heavy atom. The van der Waals surface area contributed by atoms with Crippen molar-refractivity contribution in [1.82, 2.24) is 14.7 Å². The van der Waals surface area contributed by atoms with Gasteiger partial charge in [0, 0.05) is 38.8 Å². The number of hydrogen-bond acceptors (Lipinski definition) is 4. The van der Waals surface area contributed by atoms with Gasteiger partial charge in [-0.25, -0.2) is 0 Å². The van der Waals surface area contributed by atoms with Crippen LogP contribution in [-0.4, -0.2) is 66.4 Å². The van der Waals surface area contributed by atoms with Crippen LogP contribution in [0.5, 0.6) is 0 Å². The first-order chi connectivity index (χ1) is 15.1. The highest BCUT2D eigenvalue weighted by atomic mass is 16.2. The van der Waals surface area contributed by atoms with E-state index in [1.54, 1.807) is 0 Å². The summed E-state index contributed by atoms with van der Waals surface area (Å²) in [6, 6.07) is 19.0. The van der Waals surface area contributed by atoms with Gasteiger partial charge in [-0.05, 0) is 55.0 Å². The molecule has 2 fully saturated rings. The van der Waals surface area contributed by atoms with Crippen molar-refractivity contribution in [2.45, 2.75) is 31.5 Å². The van der Waals surface area contributed by atoms with E-state index in [-0.39, 0.29) is 12.1 Å². The maximum atomic E-state index is 13.4. The first-order valence-electron chi connectivity index (χ1n) is 11.7. The molecule has 5 rings (SSSR count). The van der Waals surface area contributed by atoms with Gasteiger partial charge in [-0.1, -0.05) is 54.6 Å². The highest BCUT2D eigenvalue weighted by Gasteiger charge is 2.43. The summed E-state index contributed by atoms with van der Waals surface area (Å²) < 4.78 is 0. The van der Waals surface area contributed by atoms with Gasteiger partial charge in [0.15, 0.2) is 0 Å². The number of likely N-dealkylation sites (N-methyl/N-ethyl adjacent to an activating group) is 1. The van der Waals surface area contributed by atoms with Crippen LogP contribution < -0.4 is 5.73 Å². The smallest absolute Gasteiger partial charge is 0.240 e. The van der Waals surface area contributed by atoms with Gasteiger partial charge in [-0.2, -0.15) is 0 Å². The number of benzene rings is 2. The molecule has 0 aromatic heterocycles. The number of carbonyl (C=O) groups is 1. The van der Waals surface area contributed by atoms with Gasteiger partial charge in [0.2, 0.25) is 5.91 Å². The van der Waals surface area contributed by atoms with Crippen LogP contribution in [0.25, 0.3) is 0 Å². The Labute approximate surface area is 185 Å². The highest BCUT2D eigenvalue weighted by Crippen LogP contribution is 2.33. The highest BCUT2D eigenvalue weighted by molar-refractivity contribution is 5.83.